The molecule has 154 valence electrons. The molecule has 1 atom stereocenters. The van der Waals surface area contributed by atoms with Gasteiger partial charge < -0.3 is 19.5 Å². The summed E-state index contributed by atoms with van der Waals surface area (Å²) in [7, 11) is 1.55. The molecule has 2 aliphatic rings. The molecule has 2 aromatic carbocycles. The lowest BCUT2D eigenvalue weighted by Gasteiger charge is -2.28. The highest BCUT2D eigenvalue weighted by atomic mass is 35.5. The Balaban J connectivity index is 1.52. The number of carbonyl (C=O) groups excluding carboxylic acids is 1. The lowest BCUT2D eigenvalue weighted by molar-refractivity contribution is 0.0936. The van der Waals surface area contributed by atoms with Gasteiger partial charge in [-0.05, 0) is 55.8 Å². The smallest absolute Gasteiger partial charge is 0.251 e. The average Bonchev–Trinajstić information content (AvgIpc) is 3.27. The fraction of sp³-hybridized carbons (Fsp3) is 0.409. The maximum atomic E-state index is 12.9. The fourth-order valence-electron chi connectivity index (χ4n) is 3.92. The number of rotatable bonds is 6. The van der Waals surface area contributed by atoms with Gasteiger partial charge >= 0.3 is 0 Å². The molecule has 2 heterocycles. The third-order valence-corrected chi connectivity index (χ3v) is 5.60. The van der Waals surface area contributed by atoms with Crippen LogP contribution >= 0.6 is 11.6 Å². The Hall–Kier alpha value is -2.44. The van der Waals surface area contributed by atoms with E-state index in [1.54, 1.807) is 19.2 Å². The second-order valence-electron chi connectivity index (χ2n) is 7.23. The van der Waals surface area contributed by atoms with Crippen LogP contribution in [0.4, 0.5) is 0 Å². The highest BCUT2D eigenvalue weighted by Gasteiger charge is 2.25. The third kappa shape index (κ3) is 4.43. The van der Waals surface area contributed by atoms with Crippen LogP contribution in [0.2, 0.25) is 5.02 Å². The van der Waals surface area contributed by atoms with Gasteiger partial charge in [-0.3, -0.25) is 9.69 Å². The minimum Gasteiger partial charge on any atom is -0.493 e. The van der Waals surface area contributed by atoms with Crippen molar-refractivity contribution in [1.82, 2.24) is 10.2 Å². The van der Waals surface area contributed by atoms with E-state index in [1.807, 2.05) is 18.2 Å². The fourth-order valence-corrected chi connectivity index (χ4v) is 4.12. The number of halogens is 1. The molecule has 7 heteroatoms. The quantitative estimate of drug-likeness (QED) is 0.778. The van der Waals surface area contributed by atoms with Crippen molar-refractivity contribution in [1.29, 1.82) is 0 Å². The summed E-state index contributed by atoms with van der Waals surface area (Å²) in [5.41, 5.74) is 1.59. The van der Waals surface area contributed by atoms with Crippen molar-refractivity contribution in [3.05, 3.63) is 52.5 Å². The molecule has 0 aliphatic carbocycles. The first-order valence-corrected chi connectivity index (χ1v) is 10.3. The van der Waals surface area contributed by atoms with Gasteiger partial charge in [0.1, 0.15) is 13.2 Å². The number of hydrogen-bond acceptors (Lipinski definition) is 5. The number of methoxy groups -OCH3 is 1. The van der Waals surface area contributed by atoms with E-state index in [0.717, 1.165) is 18.7 Å². The molecule has 6 nitrogen and oxygen atoms in total. The average molecular weight is 417 g/mol. The van der Waals surface area contributed by atoms with Crippen LogP contribution in [0.15, 0.2) is 36.4 Å². The molecule has 29 heavy (non-hydrogen) atoms. The van der Waals surface area contributed by atoms with Crippen LogP contribution in [-0.4, -0.2) is 50.8 Å². The SMILES string of the molecule is COc1cc(C(=O)NCC(c2cccc(Cl)c2)N2CCCC2)cc2c1OCCO2. The zero-order chi connectivity index (χ0) is 20.2. The zero-order valence-corrected chi connectivity index (χ0v) is 17.2. The first-order chi connectivity index (χ1) is 14.2. The van der Waals surface area contributed by atoms with Crippen LogP contribution in [0.5, 0.6) is 17.2 Å². The van der Waals surface area contributed by atoms with Crippen molar-refractivity contribution < 1.29 is 19.0 Å². The van der Waals surface area contributed by atoms with Crippen molar-refractivity contribution in [2.45, 2.75) is 18.9 Å². The molecule has 0 aromatic heterocycles. The van der Waals surface area contributed by atoms with E-state index in [-0.39, 0.29) is 11.9 Å². The van der Waals surface area contributed by atoms with Crippen LogP contribution in [0.25, 0.3) is 0 Å². The van der Waals surface area contributed by atoms with Crippen LogP contribution in [-0.2, 0) is 0 Å². The molecule has 1 unspecified atom stereocenters. The second-order valence-corrected chi connectivity index (χ2v) is 7.66. The molecule has 0 radical (unpaired) electrons. The number of nitrogens with one attached hydrogen (secondary N) is 1. The molecular weight excluding hydrogens is 392 g/mol. The molecule has 0 bridgehead atoms. The molecule has 1 amide bonds. The number of benzene rings is 2. The van der Waals surface area contributed by atoms with E-state index in [9.17, 15) is 4.79 Å². The predicted octanol–water partition coefficient (Wildman–Crippen LogP) is 3.69. The van der Waals surface area contributed by atoms with Gasteiger partial charge in [0.15, 0.2) is 11.5 Å². The Morgan fingerprint density at radius 1 is 1.21 bits per heavy atom. The summed E-state index contributed by atoms with van der Waals surface area (Å²) in [5, 5.41) is 3.78. The van der Waals surface area contributed by atoms with Gasteiger partial charge in [0.25, 0.3) is 5.91 Å². The van der Waals surface area contributed by atoms with Crippen LogP contribution in [0.3, 0.4) is 0 Å². The normalized spacial score (nSPS) is 17.0. The number of hydrogen-bond donors (Lipinski definition) is 1. The number of likely N-dealkylation sites (tertiary alicyclic amines) is 1. The minimum atomic E-state index is -0.175. The maximum Gasteiger partial charge on any atom is 0.251 e. The van der Waals surface area contributed by atoms with Gasteiger partial charge in [0, 0.05) is 17.1 Å². The van der Waals surface area contributed by atoms with E-state index in [1.165, 1.54) is 12.8 Å². The number of fused-ring (bicyclic) bond motifs is 1. The summed E-state index contributed by atoms with van der Waals surface area (Å²) in [6.45, 7) is 3.45. The minimum absolute atomic E-state index is 0.0826. The number of amides is 1. The van der Waals surface area contributed by atoms with E-state index < -0.39 is 0 Å². The molecule has 4 rings (SSSR count). The predicted molar refractivity (Wildman–Crippen MR) is 111 cm³/mol. The maximum absolute atomic E-state index is 12.9. The molecular formula is C22H25ClN2O4. The van der Waals surface area contributed by atoms with Gasteiger partial charge in [-0.25, -0.2) is 0 Å². The number of carbonyl (C=O) groups is 1. The Morgan fingerprint density at radius 2 is 2.00 bits per heavy atom. The first-order valence-electron chi connectivity index (χ1n) is 9.91. The first kappa shape index (κ1) is 19.9. The van der Waals surface area contributed by atoms with Gasteiger partial charge in [-0.1, -0.05) is 23.7 Å². The Bertz CT molecular complexity index is 866. The van der Waals surface area contributed by atoms with E-state index in [2.05, 4.69) is 16.3 Å². The van der Waals surface area contributed by atoms with Crippen molar-refractivity contribution in [2.24, 2.45) is 0 Å². The van der Waals surface area contributed by atoms with E-state index >= 15 is 0 Å². The largest absolute Gasteiger partial charge is 0.493 e. The summed E-state index contributed by atoms with van der Waals surface area (Å²) < 4.78 is 16.6. The monoisotopic (exact) mass is 416 g/mol. The second kappa shape index (κ2) is 8.93. The lowest BCUT2D eigenvalue weighted by Crippen LogP contribution is -2.36. The van der Waals surface area contributed by atoms with Gasteiger partial charge in [0.05, 0.1) is 13.2 Å². The lowest BCUT2D eigenvalue weighted by atomic mass is 10.1. The van der Waals surface area contributed by atoms with Gasteiger partial charge in [-0.15, -0.1) is 0 Å². The molecule has 0 spiro atoms. The zero-order valence-electron chi connectivity index (χ0n) is 16.4. The Kier molecular flexibility index (Phi) is 6.11. The molecule has 1 N–H and O–H groups in total. The van der Waals surface area contributed by atoms with E-state index in [0.29, 0.717) is 47.6 Å². The topological polar surface area (TPSA) is 60.0 Å². The summed E-state index contributed by atoms with van der Waals surface area (Å²) in [6.07, 6.45) is 2.34. The van der Waals surface area contributed by atoms with E-state index in [4.69, 9.17) is 25.8 Å². The summed E-state index contributed by atoms with van der Waals surface area (Å²) in [4.78, 5) is 15.3. The number of ether oxygens (including phenoxy) is 3. The summed E-state index contributed by atoms with van der Waals surface area (Å²) >= 11 is 6.21. The highest BCUT2D eigenvalue weighted by molar-refractivity contribution is 6.30. The Morgan fingerprint density at radius 3 is 2.76 bits per heavy atom. The third-order valence-electron chi connectivity index (χ3n) is 5.36. The Labute approximate surface area is 175 Å². The van der Waals surface area contributed by atoms with Crippen LogP contribution in [0.1, 0.15) is 34.8 Å². The summed E-state index contributed by atoms with van der Waals surface area (Å²) in [5.74, 6) is 1.40. The van der Waals surface area contributed by atoms with Gasteiger partial charge in [-0.2, -0.15) is 0 Å². The molecule has 0 saturated carbocycles. The van der Waals surface area contributed by atoms with Crippen molar-refractivity contribution >= 4 is 17.5 Å². The molecule has 1 fully saturated rings. The summed E-state index contributed by atoms with van der Waals surface area (Å²) in [6, 6.07) is 11.3. The van der Waals surface area contributed by atoms with Gasteiger partial charge in [0.2, 0.25) is 5.75 Å². The molecule has 1 saturated heterocycles. The van der Waals surface area contributed by atoms with Crippen molar-refractivity contribution in [3.8, 4) is 17.2 Å². The van der Waals surface area contributed by atoms with Crippen molar-refractivity contribution in [3.63, 3.8) is 0 Å². The molecule has 2 aliphatic heterocycles. The highest BCUT2D eigenvalue weighted by Crippen LogP contribution is 2.40. The standard InChI is InChI=1S/C22H25ClN2O4/c1-27-19-12-16(13-20-21(19)29-10-9-28-20)22(26)24-14-18(25-7-2-3-8-25)15-5-4-6-17(23)11-15/h4-6,11-13,18H,2-3,7-10,14H2,1H3,(H,24,26). The number of nitrogens with zero attached hydrogens (tertiary/aromatic N) is 1. The van der Waals surface area contributed by atoms with Crippen LogP contribution < -0.4 is 19.5 Å². The van der Waals surface area contributed by atoms with Crippen molar-refractivity contribution in [2.75, 3.05) is 40.0 Å². The van der Waals surface area contributed by atoms with Crippen LogP contribution in [0, 0.1) is 0 Å². The molecule has 2 aromatic rings.